The Labute approximate surface area is 91.6 Å². The number of halogens is 2. The number of carbonyl (C=O) groups excluding carboxylic acids is 1. The summed E-state index contributed by atoms with van der Waals surface area (Å²) in [5.41, 5.74) is 0.413. The van der Waals surface area contributed by atoms with Gasteiger partial charge in [0.1, 0.15) is 5.82 Å². The Bertz CT molecular complexity index is 393. The molecule has 15 heavy (non-hydrogen) atoms. The van der Waals surface area contributed by atoms with Crippen LogP contribution in [0.4, 0.5) is 14.9 Å². The molecule has 1 aromatic rings. The van der Waals surface area contributed by atoms with Crippen molar-refractivity contribution in [2.24, 2.45) is 0 Å². The molecular weight excluding hydrogens is 219 g/mol. The molecular formula is C10H10ClFN2O. The molecule has 1 aliphatic carbocycles. The molecule has 0 spiro atoms. The fourth-order valence-electron chi connectivity index (χ4n) is 1.16. The minimum atomic E-state index is -0.423. The number of nitrogens with one attached hydrogen (secondary N) is 2. The van der Waals surface area contributed by atoms with Crippen molar-refractivity contribution in [3.63, 3.8) is 0 Å². The molecule has 0 atom stereocenters. The molecule has 0 unspecified atom stereocenters. The Balaban J connectivity index is 1.99. The second kappa shape index (κ2) is 4.06. The van der Waals surface area contributed by atoms with Crippen LogP contribution in [0, 0.1) is 5.82 Å². The molecule has 2 N–H and O–H groups in total. The lowest BCUT2D eigenvalue weighted by atomic mass is 10.3. The van der Waals surface area contributed by atoms with Gasteiger partial charge in [0.2, 0.25) is 0 Å². The molecule has 5 heteroatoms. The van der Waals surface area contributed by atoms with Crippen LogP contribution in [0.3, 0.4) is 0 Å². The summed E-state index contributed by atoms with van der Waals surface area (Å²) >= 11 is 5.74. The molecule has 0 heterocycles. The van der Waals surface area contributed by atoms with Crippen molar-refractivity contribution in [3.8, 4) is 0 Å². The maximum Gasteiger partial charge on any atom is 0.319 e. The summed E-state index contributed by atoms with van der Waals surface area (Å²) in [5.74, 6) is -0.423. The first-order valence-corrected chi connectivity index (χ1v) is 5.05. The minimum absolute atomic E-state index is 0.195. The maximum absolute atomic E-state index is 12.7. The summed E-state index contributed by atoms with van der Waals surface area (Å²) in [5, 5.41) is 5.50. The van der Waals surface area contributed by atoms with Gasteiger partial charge >= 0.3 is 6.03 Å². The second-order valence-electron chi connectivity index (χ2n) is 3.50. The van der Waals surface area contributed by atoms with Gasteiger partial charge in [0.25, 0.3) is 0 Å². The van der Waals surface area contributed by atoms with Crippen LogP contribution in [0.2, 0.25) is 5.02 Å². The molecule has 2 rings (SSSR count). The van der Waals surface area contributed by atoms with E-state index in [-0.39, 0.29) is 17.1 Å². The minimum Gasteiger partial charge on any atom is -0.335 e. The Morgan fingerprint density at radius 3 is 2.80 bits per heavy atom. The first-order chi connectivity index (χ1) is 7.15. The third-order valence-corrected chi connectivity index (χ3v) is 2.40. The molecule has 3 nitrogen and oxygen atoms in total. The fourth-order valence-corrected chi connectivity index (χ4v) is 1.38. The van der Waals surface area contributed by atoms with Gasteiger partial charge in [-0.05, 0) is 31.0 Å². The highest BCUT2D eigenvalue weighted by Gasteiger charge is 2.23. The molecule has 0 aromatic heterocycles. The third kappa shape index (κ3) is 2.83. The highest BCUT2D eigenvalue weighted by atomic mass is 35.5. The van der Waals surface area contributed by atoms with E-state index in [1.54, 1.807) is 0 Å². The van der Waals surface area contributed by atoms with Crippen molar-refractivity contribution in [3.05, 3.63) is 29.0 Å². The largest absolute Gasteiger partial charge is 0.335 e. The summed E-state index contributed by atoms with van der Waals surface area (Å²) in [4.78, 5) is 11.3. The van der Waals surface area contributed by atoms with Crippen LogP contribution in [0.25, 0.3) is 0 Å². The standard InChI is InChI=1S/C10H10ClFN2O/c11-8-5-6(12)1-4-9(8)14-10(15)13-7-2-3-7/h1,4-5,7H,2-3H2,(H2,13,14,15). The number of benzene rings is 1. The smallest absolute Gasteiger partial charge is 0.319 e. The Kier molecular flexibility index (Phi) is 2.77. The third-order valence-electron chi connectivity index (χ3n) is 2.09. The number of rotatable bonds is 2. The van der Waals surface area contributed by atoms with Crippen molar-refractivity contribution in [2.75, 3.05) is 5.32 Å². The summed E-state index contributed by atoms with van der Waals surface area (Å²) in [7, 11) is 0. The van der Waals surface area contributed by atoms with Gasteiger partial charge in [0, 0.05) is 6.04 Å². The molecule has 0 radical (unpaired) electrons. The van der Waals surface area contributed by atoms with Crippen LogP contribution in [0.15, 0.2) is 18.2 Å². The number of anilines is 1. The van der Waals surface area contributed by atoms with Crippen LogP contribution >= 0.6 is 11.6 Å². The number of carbonyl (C=O) groups is 1. The van der Waals surface area contributed by atoms with E-state index in [4.69, 9.17) is 11.6 Å². The molecule has 0 aliphatic heterocycles. The van der Waals surface area contributed by atoms with Gasteiger partial charge in [0.05, 0.1) is 10.7 Å². The second-order valence-corrected chi connectivity index (χ2v) is 3.90. The number of amides is 2. The van der Waals surface area contributed by atoms with Crippen LogP contribution in [0.1, 0.15) is 12.8 Å². The highest BCUT2D eigenvalue weighted by molar-refractivity contribution is 6.33. The van der Waals surface area contributed by atoms with E-state index >= 15 is 0 Å². The quantitative estimate of drug-likeness (QED) is 0.803. The van der Waals surface area contributed by atoms with Crippen LogP contribution in [0.5, 0.6) is 0 Å². The van der Waals surface area contributed by atoms with E-state index in [9.17, 15) is 9.18 Å². The van der Waals surface area contributed by atoms with Gasteiger partial charge < -0.3 is 10.6 Å². The molecule has 1 aliphatic rings. The summed E-state index contributed by atoms with van der Waals surface area (Å²) in [6.07, 6.45) is 2.04. The lowest BCUT2D eigenvalue weighted by Gasteiger charge is -2.07. The summed E-state index contributed by atoms with van der Waals surface area (Å²) < 4.78 is 12.7. The van der Waals surface area contributed by atoms with E-state index < -0.39 is 5.82 Å². The number of hydrogen-bond acceptors (Lipinski definition) is 1. The zero-order valence-corrected chi connectivity index (χ0v) is 8.64. The van der Waals surface area contributed by atoms with Crippen LogP contribution < -0.4 is 10.6 Å². The van der Waals surface area contributed by atoms with Crippen molar-refractivity contribution in [1.82, 2.24) is 5.32 Å². The fraction of sp³-hybridized carbons (Fsp3) is 0.300. The summed E-state index contributed by atoms with van der Waals surface area (Å²) in [6, 6.07) is 3.83. The molecule has 80 valence electrons. The lowest BCUT2D eigenvalue weighted by molar-refractivity contribution is 0.251. The van der Waals surface area contributed by atoms with E-state index in [0.717, 1.165) is 18.9 Å². The zero-order valence-electron chi connectivity index (χ0n) is 7.89. The van der Waals surface area contributed by atoms with Gasteiger partial charge in [0.15, 0.2) is 0 Å². The summed E-state index contributed by atoms with van der Waals surface area (Å²) in [6.45, 7) is 0. The van der Waals surface area contributed by atoms with E-state index in [1.807, 2.05) is 0 Å². The predicted molar refractivity (Wildman–Crippen MR) is 56.6 cm³/mol. The monoisotopic (exact) mass is 228 g/mol. The molecule has 1 saturated carbocycles. The zero-order chi connectivity index (χ0) is 10.8. The molecule has 1 aromatic carbocycles. The van der Waals surface area contributed by atoms with Gasteiger partial charge in [-0.3, -0.25) is 0 Å². The molecule has 0 saturated heterocycles. The average molecular weight is 229 g/mol. The van der Waals surface area contributed by atoms with Crippen LogP contribution in [-0.2, 0) is 0 Å². The maximum atomic E-state index is 12.7. The predicted octanol–water partition coefficient (Wildman–Crippen LogP) is 2.76. The van der Waals surface area contributed by atoms with Crippen molar-refractivity contribution < 1.29 is 9.18 Å². The molecule has 0 bridgehead atoms. The number of urea groups is 1. The van der Waals surface area contributed by atoms with Gasteiger partial charge in [-0.1, -0.05) is 11.6 Å². The molecule has 2 amide bonds. The Morgan fingerprint density at radius 2 is 2.20 bits per heavy atom. The van der Waals surface area contributed by atoms with Crippen molar-refractivity contribution in [2.45, 2.75) is 18.9 Å². The van der Waals surface area contributed by atoms with E-state index in [2.05, 4.69) is 10.6 Å². The highest BCUT2D eigenvalue weighted by Crippen LogP contribution is 2.23. The van der Waals surface area contributed by atoms with Crippen molar-refractivity contribution >= 4 is 23.3 Å². The SMILES string of the molecule is O=C(Nc1ccc(F)cc1Cl)NC1CC1. The van der Waals surface area contributed by atoms with Crippen molar-refractivity contribution in [1.29, 1.82) is 0 Å². The Hall–Kier alpha value is -1.29. The topological polar surface area (TPSA) is 41.1 Å². The van der Waals surface area contributed by atoms with Gasteiger partial charge in [-0.15, -0.1) is 0 Å². The first kappa shape index (κ1) is 10.2. The van der Waals surface area contributed by atoms with Gasteiger partial charge in [-0.2, -0.15) is 0 Å². The average Bonchev–Trinajstić information content (AvgIpc) is 2.94. The Morgan fingerprint density at radius 1 is 1.47 bits per heavy atom. The number of hydrogen-bond donors (Lipinski definition) is 2. The molecule has 1 fully saturated rings. The normalized spacial score (nSPS) is 14.8. The van der Waals surface area contributed by atoms with E-state index in [0.29, 0.717) is 5.69 Å². The van der Waals surface area contributed by atoms with Gasteiger partial charge in [-0.25, -0.2) is 9.18 Å². The first-order valence-electron chi connectivity index (χ1n) is 4.68. The lowest BCUT2D eigenvalue weighted by Crippen LogP contribution is -2.30. The van der Waals surface area contributed by atoms with Crippen LogP contribution in [-0.4, -0.2) is 12.1 Å². The van der Waals surface area contributed by atoms with E-state index in [1.165, 1.54) is 12.1 Å².